The highest BCUT2D eigenvalue weighted by Crippen LogP contribution is 2.39. The normalized spacial score (nSPS) is 12.6. The summed E-state index contributed by atoms with van der Waals surface area (Å²) in [6, 6.07) is 79.0. The second kappa shape index (κ2) is 15.0. The fraction of sp³-hybridized carbons (Fsp3) is 0.0345. The first kappa shape index (κ1) is 36.6. The quantitative estimate of drug-likeness (QED) is 0.150. The Hall–Kier alpha value is -7.46. The first-order chi connectivity index (χ1) is 30.0. The van der Waals surface area contributed by atoms with Gasteiger partial charge in [-0.3, -0.25) is 0 Å². The van der Waals surface area contributed by atoms with Crippen LogP contribution in [0, 0.1) is 0 Å². The van der Waals surface area contributed by atoms with E-state index in [2.05, 4.69) is 231 Å². The van der Waals surface area contributed by atoms with Gasteiger partial charge in [0.25, 0.3) is 0 Å². The largest absolute Gasteiger partial charge is 0.228 e. The van der Waals surface area contributed by atoms with Crippen LogP contribution in [0.25, 0.3) is 100 Å². The summed E-state index contributed by atoms with van der Waals surface area (Å²) in [6.45, 7) is 4.89. The van der Waals surface area contributed by atoms with Crippen molar-refractivity contribution in [3.05, 3.63) is 218 Å². The third-order valence-corrected chi connectivity index (χ3v) is 15.9. The topological polar surface area (TPSA) is 25.8 Å². The summed E-state index contributed by atoms with van der Waals surface area (Å²) in [4.78, 5) is 11.0. The van der Waals surface area contributed by atoms with E-state index in [9.17, 15) is 0 Å². The molecular formula is C58H42N2Si. The van der Waals surface area contributed by atoms with Crippen LogP contribution in [0.5, 0.6) is 0 Å². The Bertz CT molecular complexity index is 3270. The van der Waals surface area contributed by atoms with Crippen LogP contribution >= 0.6 is 0 Å². The second-order valence-electron chi connectivity index (χ2n) is 16.6. The van der Waals surface area contributed by atoms with Gasteiger partial charge in [-0.05, 0) is 119 Å². The van der Waals surface area contributed by atoms with E-state index in [0.29, 0.717) is 0 Å². The molecule has 0 atom stereocenters. The molecule has 0 unspecified atom stereocenters. The number of benzene rings is 9. The minimum Gasteiger partial charge on any atom is -0.228 e. The predicted molar refractivity (Wildman–Crippen MR) is 260 cm³/mol. The van der Waals surface area contributed by atoms with E-state index in [0.717, 1.165) is 39.5 Å². The number of hydrogen-bond donors (Lipinski definition) is 0. The van der Waals surface area contributed by atoms with Gasteiger partial charge in [0.1, 0.15) is 8.07 Å². The Morgan fingerprint density at radius 3 is 1.48 bits per heavy atom. The van der Waals surface area contributed by atoms with Crippen molar-refractivity contribution in [1.29, 1.82) is 0 Å². The van der Waals surface area contributed by atoms with Gasteiger partial charge in [-0.15, -0.1) is 0 Å². The fourth-order valence-electron chi connectivity index (χ4n) is 9.37. The molecule has 1 aromatic heterocycles. The van der Waals surface area contributed by atoms with Crippen molar-refractivity contribution >= 4 is 29.2 Å². The Morgan fingerprint density at radius 2 is 0.738 bits per heavy atom. The average molecular weight is 795 g/mol. The lowest BCUT2D eigenvalue weighted by molar-refractivity contribution is 1.20. The lowest BCUT2D eigenvalue weighted by Crippen LogP contribution is -2.50. The Morgan fingerprint density at radius 1 is 0.311 bits per heavy atom. The number of aromatic nitrogens is 2. The van der Waals surface area contributed by atoms with Gasteiger partial charge in [0.05, 0.1) is 11.4 Å². The average Bonchev–Trinajstić information content (AvgIpc) is 3.57. The first-order valence-electron chi connectivity index (χ1n) is 21.1. The van der Waals surface area contributed by atoms with Crippen molar-refractivity contribution in [3.63, 3.8) is 0 Å². The third kappa shape index (κ3) is 6.60. The number of nitrogens with zero attached hydrogens (tertiary/aromatic N) is 2. The maximum atomic E-state index is 5.52. The minimum absolute atomic E-state index is 0.744. The lowest BCUT2D eigenvalue weighted by atomic mass is 9.90. The zero-order valence-corrected chi connectivity index (χ0v) is 35.2. The predicted octanol–water partition coefficient (Wildman–Crippen LogP) is 14.1. The van der Waals surface area contributed by atoms with E-state index in [4.69, 9.17) is 9.97 Å². The van der Waals surface area contributed by atoms with Crippen molar-refractivity contribution in [3.8, 4) is 89.5 Å². The molecule has 3 heteroatoms. The SMILES string of the molecule is C[Si]1(C)c2ccccc2-c2nc(-c3cccc(-c4cccc(-c5cc(-c6ccccc6)cc(-c6cccc7ccccc67)c5)c4)c3)nc(-c3cccc(-c4ccccc4)c3)c21. The van der Waals surface area contributed by atoms with Gasteiger partial charge in [-0.1, -0.05) is 195 Å². The van der Waals surface area contributed by atoms with Crippen LogP contribution < -0.4 is 10.4 Å². The van der Waals surface area contributed by atoms with E-state index in [1.54, 1.807) is 0 Å². The summed E-state index contributed by atoms with van der Waals surface area (Å²) in [5.41, 5.74) is 17.3. The van der Waals surface area contributed by atoms with Gasteiger partial charge in [-0.2, -0.15) is 0 Å². The molecule has 0 saturated carbocycles. The van der Waals surface area contributed by atoms with Gasteiger partial charge in [-0.25, -0.2) is 9.97 Å². The fourth-order valence-corrected chi connectivity index (χ4v) is 12.6. The molecule has 1 aliphatic heterocycles. The molecule has 0 bridgehead atoms. The zero-order chi connectivity index (χ0) is 40.9. The first-order valence-corrected chi connectivity index (χ1v) is 24.1. The van der Waals surface area contributed by atoms with Crippen LogP contribution in [-0.2, 0) is 0 Å². The summed E-state index contributed by atoms with van der Waals surface area (Å²) in [5.74, 6) is 0.744. The third-order valence-electron chi connectivity index (χ3n) is 12.4. The van der Waals surface area contributed by atoms with E-state index in [1.807, 2.05) is 0 Å². The highest BCUT2D eigenvalue weighted by molar-refractivity contribution is 7.04. The van der Waals surface area contributed by atoms with Crippen LogP contribution in [0.2, 0.25) is 13.1 Å². The minimum atomic E-state index is -2.12. The molecule has 0 spiro atoms. The molecule has 61 heavy (non-hydrogen) atoms. The summed E-state index contributed by atoms with van der Waals surface area (Å²) in [7, 11) is -2.12. The van der Waals surface area contributed by atoms with Gasteiger partial charge in [0.2, 0.25) is 0 Å². The molecule has 11 rings (SSSR count). The lowest BCUT2D eigenvalue weighted by Gasteiger charge is -2.22. The Kier molecular flexibility index (Phi) is 8.98. The van der Waals surface area contributed by atoms with Gasteiger partial charge in [0, 0.05) is 11.1 Å². The standard InChI is InChI=1S/C58H42N2Si/c1-61(2)54-32-12-11-30-53(54)56-57(61)55(46-27-14-23-42(34-46)39-17-5-3-6-18-39)59-58(60-56)47-28-15-25-44(35-47)43-24-13-26-45(33-43)49-36-48(40-19-7-4-8-20-40)37-50(38-49)52-31-16-22-41-21-9-10-29-51(41)52/h3-38H,1-2H3. The van der Waals surface area contributed by atoms with Crippen molar-refractivity contribution in [2.75, 3.05) is 0 Å². The molecule has 0 aliphatic carbocycles. The molecule has 0 saturated heterocycles. The molecule has 10 aromatic rings. The molecule has 0 radical (unpaired) electrons. The molecule has 0 N–H and O–H groups in total. The van der Waals surface area contributed by atoms with Crippen LogP contribution in [0.3, 0.4) is 0 Å². The summed E-state index contributed by atoms with van der Waals surface area (Å²) >= 11 is 0. The van der Waals surface area contributed by atoms with Crippen molar-refractivity contribution in [2.45, 2.75) is 13.1 Å². The van der Waals surface area contributed by atoms with Gasteiger partial charge >= 0.3 is 0 Å². The highest BCUT2D eigenvalue weighted by atomic mass is 28.3. The highest BCUT2D eigenvalue weighted by Gasteiger charge is 2.41. The molecule has 0 fully saturated rings. The summed E-state index contributed by atoms with van der Waals surface area (Å²) in [6.07, 6.45) is 0. The number of hydrogen-bond acceptors (Lipinski definition) is 2. The van der Waals surface area contributed by atoms with Crippen molar-refractivity contribution < 1.29 is 0 Å². The molecule has 9 aromatic carbocycles. The molecule has 2 nitrogen and oxygen atoms in total. The van der Waals surface area contributed by atoms with Crippen LogP contribution in [0.4, 0.5) is 0 Å². The van der Waals surface area contributed by atoms with Gasteiger partial charge in [0.15, 0.2) is 5.82 Å². The molecular weight excluding hydrogens is 753 g/mol. The van der Waals surface area contributed by atoms with E-state index in [-0.39, 0.29) is 0 Å². The maximum absolute atomic E-state index is 5.52. The number of fused-ring (bicyclic) bond motifs is 4. The van der Waals surface area contributed by atoms with Crippen LogP contribution in [-0.4, -0.2) is 18.0 Å². The summed E-state index contributed by atoms with van der Waals surface area (Å²) < 4.78 is 0. The van der Waals surface area contributed by atoms with Crippen molar-refractivity contribution in [1.82, 2.24) is 9.97 Å². The van der Waals surface area contributed by atoms with E-state index >= 15 is 0 Å². The molecule has 0 amide bonds. The smallest absolute Gasteiger partial charge is 0.160 e. The molecule has 2 heterocycles. The second-order valence-corrected chi connectivity index (χ2v) is 20.9. The van der Waals surface area contributed by atoms with Crippen LogP contribution in [0.15, 0.2) is 218 Å². The van der Waals surface area contributed by atoms with Crippen LogP contribution in [0.1, 0.15) is 0 Å². The Balaban J connectivity index is 1.03. The Labute approximate surface area is 358 Å². The summed E-state index contributed by atoms with van der Waals surface area (Å²) in [5, 5.41) is 5.22. The zero-order valence-electron chi connectivity index (χ0n) is 34.2. The molecule has 1 aliphatic rings. The monoisotopic (exact) mass is 794 g/mol. The van der Waals surface area contributed by atoms with E-state index < -0.39 is 8.07 Å². The van der Waals surface area contributed by atoms with Gasteiger partial charge < -0.3 is 0 Å². The van der Waals surface area contributed by atoms with Crippen molar-refractivity contribution in [2.24, 2.45) is 0 Å². The molecule has 288 valence electrons. The van der Waals surface area contributed by atoms with E-state index in [1.165, 1.54) is 71.2 Å². The number of rotatable bonds is 7. The maximum Gasteiger partial charge on any atom is 0.160 e.